The van der Waals surface area contributed by atoms with E-state index >= 15 is 0 Å². The summed E-state index contributed by atoms with van der Waals surface area (Å²) in [6, 6.07) is 6.91. The van der Waals surface area contributed by atoms with Gasteiger partial charge in [-0.3, -0.25) is 14.5 Å². The van der Waals surface area contributed by atoms with Gasteiger partial charge in [0.25, 0.3) is 0 Å². The first-order valence-electron chi connectivity index (χ1n) is 9.97. The van der Waals surface area contributed by atoms with Crippen LogP contribution in [0, 0.1) is 11.8 Å². The van der Waals surface area contributed by atoms with E-state index in [1.54, 1.807) is 11.8 Å². The van der Waals surface area contributed by atoms with Crippen molar-refractivity contribution in [1.29, 1.82) is 0 Å². The van der Waals surface area contributed by atoms with Gasteiger partial charge in [-0.2, -0.15) is 11.8 Å². The van der Waals surface area contributed by atoms with Crippen LogP contribution in [0.4, 0.5) is 0 Å². The Bertz CT molecular complexity index is 871. The van der Waals surface area contributed by atoms with Crippen LogP contribution in [0.2, 0.25) is 0 Å². The largest absolute Gasteiger partial charge is 0.457 e. The van der Waals surface area contributed by atoms with Crippen molar-refractivity contribution in [2.45, 2.75) is 44.8 Å². The minimum absolute atomic E-state index is 0.0526. The fourth-order valence-electron chi connectivity index (χ4n) is 4.29. The van der Waals surface area contributed by atoms with Gasteiger partial charge in [-0.25, -0.2) is 9.78 Å². The van der Waals surface area contributed by atoms with Gasteiger partial charge in [-0.15, -0.1) is 11.3 Å². The maximum atomic E-state index is 12.9. The molecule has 0 spiro atoms. The first-order chi connectivity index (χ1) is 14.1. The lowest BCUT2D eigenvalue weighted by Crippen LogP contribution is -2.46. The second-order valence-electron chi connectivity index (χ2n) is 7.52. The lowest BCUT2D eigenvalue weighted by Gasteiger charge is -2.24. The number of aromatic nitrogens is 1. The van der Waals surface area contributed by atoms with Crippen LogP contribution in [0.1, 0.15) is 37.1 Å². The van der Waals surface area contributed by atoms with Crippen LogP contribution in [0.5, 0.6) is 0 Å². The number of hydrogen-bond acceptors (Lipinski definition) is 7. The summed E-state index contributed by atoms with van der Waals surface area (Å²) >= 11 is 3.06. The second-order valence-corrected chi connectivity index (χ2v) is 9.63. The summed E-state index contributed by atoms with van der Waals surface area (Å²) in [6.07, 6.45) is 5.76. The molecule has 1 aromatic carbocycles. The number of likely N-dealkylation sites (tertiary alicyclic amines) is 1. The van der Waals surface area contributed by atoms with Gasteiger partial charge in [0.1, 0.15) is 17.7 Å². The van der Waals surface area contributed by atoms with Crippen molar-refractivity contribution in [3.05, 3.63) is 29.3 Å². The number of carbonyl (C=O) groups excluding carboxylic acids is 3. The van der Waals surface area contributed by atoms with Crippen molar-refractivity contribution in [3.63, 3.8) is 0 Å². The third-order valence-corrected chi connectivity index (χ3v) is 7.38. The minimum atomic E-state index is -0.845. The first kappa shape index (κ1) is 20.3. The summed E-state index contributed by atoms with van der Waals surface area (Å²) < 4.78 is 6.57. The molecule has 8 heteroatoms. The van der Waals surface area contributed by atoms with Crippen LogP contribution >= 0.6 is 23.1 Å². The van der Waals surface area contributed by atoms with Crippen LogP contribution in [-0.4, -0.2) is 45.7 Å². The molecule has 2 fully saturated rings. The lowest BCUT2D eigenvalue weighted by atomic mass is 9.81. The van der Waals surface area contributed by atoms with E-state index in [1.807, 2.05) is 30.5 Å². The maximum Gasteiger partial charge on any atom is 0.329 e. The predicted molar refractivity (Wildman–Crippen MR) is 114 cm³/mol. The van der Waals surface area contributed by atoms with E-state index in [-0.39, 0.29) is 30.3 Å². The molecule has 6 nitrogen and oxygen atoms in total. The van der Waals surface area contributed by atoms with E-state index in [9.17, 15) is 14.4 Å². The number of imide groups is 1. The van der Waals surface area contributed by atoms with Crippen LogP contribution < -0.4 is 0 Å². The maximum absolute atomic E-state index is 12.9. The van der Waals surface area contributed by atoms with Crippen molar-refractivity contribution < 1.29 is 19.1 Å². The Morgan fingerprint density at radius 2 is 1.93 bits per heavy atom. The molecule has 2 aromatic rings. The Morgan fingerprint density at radius 3 is 2.59 bits per heavy atom. The van der Waals surface area contributed by atoms with Crippen LogP contribution in [-0.2, 0) is 25.7 Å². The van der Waals surface area contributed by atoms with E-state index < -0.39 is 12.0 Å². The molecule has 1 aromatic heterocycles. The summed E-state index contributed by atoms with van der Waals surface area (Å²) in [5.74, 6) is -0.743. The number of benzene rings is 1. The smallest absolute Gasteiger partial charge is 0.329 e. The number of nitrogens with zero attached hydrogens (tertiary/aromatic N) is 2. The Balaban J connectivity index is 1.49. The van der Waals surface area contributed by atoms with Gasteiger partial charge in [0, 0.05) is 0 Å². The second kappa shape index (κ2) is 8.83. The lowest BCUT2D eigenvalue weighted by molar-refractivity contribution is -0.160. The van der Waals surface area contributed by atoms with Gasteiger partial charge in [0.15, 0.2) is 0 Å². The van der Waals surface area contributed by atoms with Gasteiger partial charge >= 0.3 is 5.97 Å². The number of fused-ring (bicyclic) bond motifs is 2. The van der Waals surface area contributed by atoms with Gasteiger partial charge in [-0.05, 0) is 43.4 Å². The highest BCUT2D eigenvalue weighted by Gasteiger charge is 2.52. The minimum Gasteiger partial charge on any atom is -0.457 e. The van der Waals surface area contributed by atoms with Gasteiger partial charge in [0.2, 0.25) is 11.8 Å². The molecule has 1 saturated carbocycles. The topological polar surface area (TPSA) is 76.6 Å². The zero-order valence-corrected chi connectivity index (χ0v) is 18.0. The average molecular weight is 433 g/mol. The molecular formula is C21H24N2O4S2. The van der Waals surface area contributed by atoms with E-state index in [4.69, 9.17) is 4.74 Å². The Kier molecular flexibility index (Phi) is 6.20. The zero-order chi connectivity index (χ0) is 20.4. The Hall–Kier alpha value is -1.93. The molecule has 2 amide bonds. The number of para-hydroxylation sites is 1. The third-order valence-electron chi connectivity index (χ3n) is 5.73. The quantitative estimate of drug-likeness (QED) is 0.491. The molecule has 29 heavy (non-hydrogen) atoms. The number of thioether (sulfide) groups is 1. The number of rotatable bonds is 7. The van der Waals surface area contributed by atoms with E-state index in [2.05, 4.69) is 4.98 Å². The van der Waals surface area contributed by atoms with Gasteiger partial charge < -0.3 is 4.74 Å². The highest BCUT2D eigenvalue weighted by Crippen LogP contribution is 2.39. The summed E-state index contributed by atoms with van der Waals surface area (Å²) in [5, 5.41) is 0.705. The van der Waals surface area contributed by atoms with Crippen LogP contribution in [0.15, 0.2) is 24.3 Å². The monoisotopic (exact) mass is 432 g/mol. The summed E-state index contributed by atoms with van der Waals surface area (Å²) in [6.45, 7) is 0.0526. The molecule has 0 N–H and O–H groups in total. The van der Waals surface area contributed by atoms with Crippen molar-refractivity contribution in [2.24, 2.45) is 11.8 Å². The number of carbonyl (C=O) groups is 3. The molecule has 4 rings (SSSR count). The average Bonchev–Trinajstić information content (AvgIpc) is 3.27. The predicted octanol–water partition coefficient (Wildman–Crippen LogP) is 3.64. The number of amides is 2. The summed E-state index contributed by atoms with van der Waals surface area (Å²) in [4.78, 5) is 44.5. The highest BCUT2D eigenvalue weighted by atomic mass is 32.2. The van der Waals surface area contributed by atoms with Crippen LogP contribution in [0.3, 0.4) is 0 Å². The molecule has 1 saturated heterocycles. The number of thiazole rings is 1. The number of hydrogen-bond donors (Lipinski definition) is 0. The molecule has 2 aliphatic rings. The third kappa shape index (κ3) is 4.05. The summed E-state index contributed by atoms with van der Waals surface area (Å²) in [7, 11) is 0. The normalized spacial score (nSPS) is 22.7. The number of esters is 1. The fourth-order valence-corrected chi connectivity index (χ4v) is 5.63. The first-order valence-corrected chi connectivity index (χ1v) is 12.2. The number of ether oxygens (including phenoxy) is 1. The van der Waals surface area contributed by atoms with E-state index in [0.29, 0.717) is 17.2 Å². The molecule has 2 heterocycles. The van der Waals surface area contributed by atoms with Gasteiger partial charge in [0.05, 0.1) is 22.1 Å². The summed E-state index contributed by atoms with van der Waals surface area (Å²) in [5.41, 5.74) is 0.872. The standard InChI is InChI=1S/C21H24N2O4S2/c1-28-11-10-16(23-19(24)13-6-2-3-7-14(13)20(23)25)21(26)27-12-18-22-15-8-4-5-9-17(15)29-18/h4-5,8-9,13-14,16H,2-3,6-7,10-12H2,1H3/t13-,14+,16-/m1/s1. The molecule has 1 aliphatic heterocycles. The van der Waals surface area contributed by atoms with E-state index in [1.165, 1.54) is 16.2 Å². The molecule has 154 valence electrons. The molecule has 0 unspecified atom stereocenters. The highest BCUT2D eigenvalue weighted by molar-refractivity contribution is 7.98. The molecule has 1 aliphatic carbocycles. The Labute approximate surface area is 178 Å². The van der Waals surface area contributed by atoms with E-state index in [0.717, 1.165) is 35.9 Å². The zero-order valence-electron chi connectivity index (χ0n) is 16.3. The van der Waals surface area contributed by atoms with Crippen LogP contribution in [0.25, 0.3) is 10.2 Å². The molecule has 0 radical (unpaired) electrons. The van der Waals surface area contributed by atoms with Gasteiger partial charge in [-0.1, -0.05) is 25.0 Å². The van der Waals surface area contributed by atoms with Crippen molar-refractivity contribution in [3.8, 4) is 0 Å². The molecule has 0 bridgehead atoms. The SMILES string of the molecule is CSCC[C@H](C(=O)OCc1nc2ccccc2s1)N1C(=O)[C@H]2CCCC[C@H]2C1=O. The van der Waals surface area contributed by atoms with Crippen molar-refractivity contribution in [2.75, 3.05) is 12.0 Å². The molecule has 3 atom stereocenters. The fraction of sp³-hybridized carbons (Fsp3) is 0.524. The van der Waals surface area contributed by atoms with Crippen molar-refractivity contribution >= 4 is 51.1 Å². The molecular weight excluding hydrogens is 408 g/mol. The Morgan fingerprint density at radius 1 is 1.24 bits per heavy atom. The van der Waals surface area contributed by atoms with Crippen molar-refractivity contribution in [1.82, 2.24) is 9.88 Å².